The van der Waals surface area contributed by atoms with E-state index in [1.807, 2.05) is 0 Å². The maximum absolute atomic E-state index is 13.6. The Hall–Kier alpha value is -3.34. The number of alkyl halides is 3. The second kappa shape index (κ2) is 8.22. The molecule has 33 heavy (non-hydrogen) atoms. The number of hydrogen-bond acceptors (Lipinski definition) is 5. The average Bonchev–Trinajstić information content (AvgIpc) is 3.38. The number of carboxylic acids is 1. The summed E-state index contributed by atoms with van der Waals surface area (Å²) in [4.78, 5) is 13.2. The van der Waals surface area contributed by atoms with Gasteiger partial charge < -0.3 is 10.0 Å². The number of carboxylic acid groups (broad SMARTS) is 1. The molecule has 1 fully saturated rings. The first-order valence-electron chi connectivity index (χ1n) is 10.1. The van der Waals surface area contributed by atoms with Crippen LogP contribution in [-0.2, 0) is 20.8 Å². The van der Waals surface area contributed by atoms with Gasteiger partial charge in [-0.05, 0) is 56.2 Å². The number of hydrogen-bond donors (Lipinski definition) is 1. The molecule has 0 radical (unpaired) electrons. The van der Waals surface area contributed by atoms with Gasteiger partial charge >= 0.3 is 12.1 Å². The highest BCUT2D eigenvalue weighted by atomic mass is 32.2. The quantitative estimate of drug-likeness (QED) is 0.593. The van der Waals surface area contributed by atoms with Crippen LogP contribution in [0.25, 0.3) is 5.69 Å². The Morgan fingerprint density at radius 2 is 1.73 bits per heavy atom. The van der Waals surface area contributed by atoms with Crippen LogP contribution in [0.5, 0.6) is 0 Å². The smallest absolute Gasteiger partial charge is 0.416 e. The fraction of sp³-hybridized carbons (Fsp3) is 0.273. The normalized spacial score (nSPS) is 16.8. The van der Waals surface area contributed by atoms with Crippen LogP contribution in [0.1, 0.15) is 24.1 Å². The van der Waals surface area contributed by atoms with E-state index in [4.69, 9.17) is 0 Å². The van der Waals surface area contributed by atoms with Crippen LogP contribution in [0.3, 0.4) is 0 Å². The van der Waals surface area contributed by atoms with Gasteiger partial charge in [0.1, 0.15) is 10.9 Å². The Labute approximate surface area is 188 Å². The minimum atomic E-state index is -4.54. The summed E-state index contributed by atoms with van der Waals surface area (Å²) in [5.41, 5.74) is -0.560. The molecule has 0 bridgehead atoms. The molecule has 0 amide bonds. The van der Waals surface area contributed by atoms with Crippen LogP contribution in [0.2, 0.25) is 0 Å². The molecule has 2 aromatic carbocycles. The number of halogens is 3. The zero-order chi connectivity index (χ0) is 24.0. The number of aromatic nitrogens is 2. The molecule has 0 spiro atoms. The van der Waals surface area contributed by atoms with Crippen molar-refractivity contribution in [2.24, 2.45) is 0 Å². The van der Waals surface area contributed by atoms with Crippen LogP contribution in [0, 0.1) is 6.92 Å². The molecule has 1 aromatic heterocycles. The van der Waals surface area contributed by atoms with Crippen LogP contribution in [-0.4, -0.2) is 41.9 Å². The van der Waals surface area contributed by atoms with Crippen LogP contribution in [0.15, 0.2) is 64.4 Å². The number of aliphatic carboxylic acids is 1. The van der Waals surface area contributed by atoms with Crippen molar-refractivity contribution in [2.45, 2.75) is 41.8 Å². The third-order valence-corrected chi connectivity index (χ3v) is 7.46. The van der Waals surface area contributed by atoms with Gasteiger partial charge in [0.25, 0.3) is 0 Å². The third kappa shape index (κ3) is 4.08. The van der Waals surface area contributed by atoms with Crippen molar-refractivity contribution >= 4 is 21.6 Å². The first-order valence-corrected chi connectivity index (χ1v) is 11.6. The zero-order valence-corrected chi connectivity index (χ0v) is 18.3. The van der Waals surface area contributed by atoms with Crippen molar-refractivity contribution in [1.82, 2.24) is 9.78 Å². The SMILES string of the molecule is Cc1nn(-c2ccc(C(F)(F)F)cc2)c(N2CCCC2C(=O)O)c1S(=O)(=O)c1ccccc1. The lowest BCUT2D eigenvalue weighted by molar-refractivity contribution is -0.138. The van der Waals surface area contributed by atoms with Gasteiger partial charge in [-0.1, -0.05) is 18.2 Å². The standard InChI is InChI=1S/C22H20F3N3O4S/c1-14-19(33(31,32)17-6-3-2-4-7-17)20(27-13-5-8-18(27)21(29)30)28(26-14)16-11-9-15(10-12-16)22(23,24)25/h2-4,6-7,9-12,18H,5,8,13H2,1H3,(H,29,30). The molecule has 2 heterocycles. The second-order valence-corrected chi connectivity index (χ2v) is 9.59. The van der Waals surface area contributed by atoms with Crippen molar-refractivity contribution < 1.29 is 31.5 Å². The first-order chi connectivity index (χ1) is 15.5. The van der Waals surface area contributed by atoms with Crippen molar-refractivity contribution in [3.05, 3.63) is 65.9 Å². The van der Waals surface area contributed by atoms with E-state index in [9.17, 15) is 31.5 Å². The van der Waals surface area contributed by atoms with Crippen LogP contribution < -0.4 is 4.90 Å². The molecule has 3 aromatic rings. The van der Waals surface area contributed by atoms with Gasteiger partial charge in [0.05, 0.1) is 21.8 Å². The number of sulfone groups is 1. The summed E-state index contributed by atoms with van der Waals surface area (Å²) in [5.74, 6) is -1.09. The molecular formula is C22H20F3N3O4S. The molecule has 1 atom stereocenters. The van der Waals surface area contributed by atoms with E-state index >= 15 is 0 Å². The summed E-state index contributed by atoms with van der Waals surface area (Å²) in [6, 6.07) is 10.8. The van der Waals surface area contributed by atoms with Crippen LogP contribution >= 0.6 is 0 Å². The topological polar surface area (TPSA) is 92.5 Å². The molecule has 1 aliphatic rings. The van der Waals surface area contributed by atoms with Gasteiger partial charge in [-0.2, -0.15) is 18.3 Å². The number of anilines is 1. The molecule has 1 aliphatic heterocycles. The Balaban J connectivity index is 1.95. The van der Waals surface area contributed by atoms with Gasteiger partial charge in [0.15, 0.2) is 5.82 Å². The predicted octanol–water partition coefficient (Wildman–Crippen LogP) is 4.09. The number of benzene rings is 2. The maximum atomic E-state index is 13.6. The molecule has 0 aliphatic carbocycles. The summed E-state index contributed by atoms with van der Waals surface area (Å²) < 4.78 is 67.4. The molecule has 11 heteroatoms. The fourth-order valence-corrected chi connectivity index (χ4v) is 5.66. The maximum Gasteiger partial charge on any atom is 0.416 e. The lowest BCUT2D eigenvalue weighted by Crippen LogP contribution is -2.38. The zero-order valence-electron chi connectivity index (χ0n) is 17.5. The van der Waals surface area contributed by atoms with Crippen LogP contribution in [0.4, 0.5) is 19.0 Å². The number of rotatable bonds is 5. The molecule has 4 rings (SSSR count). The van der Waals surface area contributed by atoms with E-state index < -0.39 is 33.6 Å². The monoisotopic (exact) mass is 479 g/mol. The second-order valence-electron chi connectivity index (χ2n) is 7.70. The summed E-state index contributed by atoms with van der Waals surface area (Å²) in [6.45, 7) is 1.74. The highest BCUT2D eigenvalue weighted by Gasteiger charge is 2.39. The lowest BCUT2D eigenvalue weighted by atomic mass is 10.2. The molecule has 0 saturated carbocycles. The van der Waals surface area contributed by atoms with E-state index in [1.54, 1.807) is 18.2 Å². The van der Waals surface area contributed by atoms with Crippen molar-refractivity contribution in [1.29, 1.82) is 0 Å². The fourth-order valence-electron chi connectivity index (χ4n) is 4.03. The molecule has 1 N–H and O–H groups in total. The number of aryl methyl sites for hydroxylation is 1. The van der Waals surface area contributed by atoms with E-state index in [2.05, 4.69) is 5.10 Å². The largest absolute Gasteiger partial charge is 0.480 e. The van der Waals surface area contributed by atoms with Crippen molar-refractivity contribution in [2.75, 3.05) is 11.4 Å². The van der Waals surface area contributed by atoms with E-state index in [-0.39, 0.29) is 33.5 Å². The molecule has 7 nitrogen and oxygen atoms in total. The molecule has 1 saturated heterocycles. The van der Waals surface area contributed by atoms with Gasteiger partial charge in [0.2, 0.25) is 9.84 Å². The van der Waals surface area contributed by atoms with Gasteiger partial charge in [0, 0.05) is 6.54 Å². The Morgan fingerprint density at radius 1 is 1.09 bits per heavy atom. The van der Waals surface area contributed by atoms with E-state index in [1.165, 1.54) is 40.8 Å². The average molecular weight is 479 g/mol. The number of carbonyl (C=O) groups is 1. The van der Waals surface area contributed by atoms with E-state index in [0.29, 0.717) is 12.8 Å². The molecule has 1 unspecified atom stereocenters. The minimum Gasteiger partial charge on any atom is -0.480 e. The highest BCUT2D eigenvalue weighted by Crippen LogP contribution is 2.39. The summed E-state index contributed by atoms with van der Waals surface area (Å²) in [7, 11) is -4.10. The summed E-state index contributed by atoms with van der Waals surface area (Å²) >= 11 is 0. The summed E-state index contributed by atoms with van der Waals surface area (Å²) in [6.07, 6.45) is -3.72. The Kier molecular flexibility index (Phi) is 5.69. The van der Waals surface area contributed by atoms with Crippen molar-refractivity contribution in [3.63, 3.8) is 0 Å². The minimum absolute atomic E-state index is 0.00684. The van der Waals surface area contributed by atoms with Crippen molar-refractivity contribution in [3.8, 4) is 5.69 Å². The molecule has 174 valence electrons. The highest BCUT2D eigenvalue weighted by molar-refractivity contribution is 7.91. The first kappa shape index (κ1) is 22.8. The van der Waals surface area contributed by atoms with E-state index in [0.717, 1.165) is 12.1 Å². The summed E-state index contributed by atoms with van der Waals surface area (Å²) in [5, 5.41) is 14.0. The predicted molar refractivity (Wildman–Crippen MR) is 113 cm³/mol. The lowest BCUT2D eigenvalue weighted by Gasteiger charge is -2.25. The van der Waals surface area contributed by atoms with Gasteiger partial charge in [-0.25, -0.2) is 17.9 Å². The van der Waals surface area contributed by atoms with Gasteiger partial charge in [-0.15, -0.1) is 0 Å². The Bertz CT molecular complexity index is 1290. The van der Waals surface area contributed by atoms with Gasteiger partial charge in [-0.3, -0.25) is 0 Å². The Morgan fingerprint density at radius 3 is 2.30 bits per heavy atom. The number of nitrogens with zero attached hydrogens (tertiary/aromatic N) is 3. The third-order valence-electron chi connectivity index (χ3n) is 5.55. The molecular weight excluding hydrogens is 459 g/mol.